The first-order valence-electron chi connectivity index (χ1n) is 7.94. The Morgan fingerprint density at radius 2 is 2.12 bits per heavy atom. The van der Waals surface area contributed by atoms with Gasteiger partial charge in [-0.2, -0.15) is 0 Å². The molecule has 0 radical (unpaired) electrons. The number of aromatic nitrogens is 1. The number of nitrogens with zero attached hydrogens (tertiary/aromatic N) is 2. The number of hydrogen-bond acceptors (Lipinski definition) is 5. The highest BCUT2D eigenvalue weighted by Crippen LogP contribution is 2.25. The van der Waals surface area contributed by atoms with Gasteiger partial charge in [0.2, 0.25) is 11.8 Å². The van der Waals surface area contributed by atoms with Crippen LogP contribution in [0.2, 0.25) is 0 Å². The van der Waals surface area contributed by atoms with E-state index in [4.69, 9.17) is 15.2 Å². The summed E-state index contributed by atoms with van der Waals surface area (Å²) in [5.41, 5.74) is 7.23. The second-order valence-electron chi connectivity index (χ2n) is 5.88. The van der Waals surface area contributed by atoms with Gasteiger partial charge in [0.05, 0.1) is 18.8 Å². The summed E-state index contributed by atoms with van der Waals surface area (Å²) >= 11 is 0. The number of amides is 1. The zero-order chi connectivity index (χ0) is 16.9. The second-order valence-corrected chi connectivity index (χ2v) is 5.88. The van der Waals surface area contributed by atoms with Crippen LogP contribution < -0.4 is 10.5 Å². The molecule has 1 aromatic heterocycles. The molecular formula is C18H21N3O3. The summed E-state index contributed by atoms with van der Waals surface area (Å²) in [6.45, 7) is 4.09. The molecule has 3 rings (SSSR count). The lowest BCUT2D eigenvalue weighted by Gasteiger charge is -2.31. The zero-order valence-corrected chi connectivity index (χ0v) is 13.6. The maximum absolute atomic E-state index is 11.1. The molecule has 6 heteroatoms. The van der Waals surface area contributed by atoms with Crippen LogP contribution in [0.4, 0.5) is 0 Å². The molecule has 2 heterocycles. The van der Waals surface area contributed by atoms with Gasteiger partial charge in [-0.15, -0.1) is 0 Å². The molecule has 0 unspecified atom stereocenters. The summed E-state index contributed by atoms with van der Waals surface area (Å²) in [5, 5.41) is 0. The topological polar surface area (TPSA) is 77.7 Å². The van der Waals surface area contributed by atoms with Crippen molar-refractivity contribution in [1.82, 2.24) is 9.88 Å². The van der Waals surface area contributed by atoms with Gasteiger partial charge in [0, 0.05) is 19.2 Å². The van der Waals surface area contributed by atoms with Gasteiger partial charge in [-0.25, -0.2) is 4.98 Å². The van der Waals surface area contributed by atoms with Crippen LogP contribution in [-0.4, -0.2) is 42.0 Å². The van der Waals surface area contributed by atoms with Crippen molar-refractivity contribution >= 4 is 5.91 Å². The first-order valence-corrected chi connectivity index (χ1v) is 7.94. The number of ether oxygens (including phenoxy) is 2. The highest BCUT2D eigenvalue weighted by Gasteiger charge is 2.24. The third kappa shape index (κ3) is 4.31. The summed E-state index contributed by atoms with van der Waals surface area (Å²) in [6.07, 6.45) is -0.195. The summed E-state index contributed by atoms with van der Waals surface area (Å²) in [4.78, 5) is 17.6. The largest absolute Gasteiger partial charge is 0.439 e. The Kier molecular flexibility index (Phi) is 5.08. The predicted molar refractivity (Wildman–Crippen MR) is 89.8 cm³/mol. The molecule has 1 amide bonds. The molecule has 1 aromatic carbocycles. The molecule has 2 aromatic rings. The Bertz CT molecular complexity index is 703. The van der Waals surface area contributed by atoms with Crippen LogP contribution in [0.3, 0.4) is 0 Å². The molecule has 24 heavy (non-hydrogen) atoms. The van der Waals surface area contributed by atoms with Crippen LogP contribution in [0.25, 0.3) is 0 Å². The van der Waals surface area contributed by atoms with Crippen molar-refractivity contribution in [2.75, 3.05) is 26.2 Å². The monoisotopic (exact) mass is 327 g/mol. The Morgan fingerprint density at radius 3 is 2.88 bits per heavy atom. The molecule has 0 saturated carbocycles. The number of morpholine rings is 1. The van der Waals surface area contributed by atoms with E-state index < -0.39 is 0 Å². The van der Waals surface area contributed by atoms with Gasteiger partial charge >= 0.3 is 0 Å². The lowest BCUT2D eigenvalue weighted by Crippen LogP contribution is -2.43. The first-order chi connectivity index (χ1) is 11.6. The fraction of sp³-hybridized carbons (Fsp3) is 0.333. The van der Waals surface area contributed by atoms with Crippen LogP contribution in [0, 0.1) is 6.92 Å². The highest BCUT2D eigenvalue weighted by molar-refractivity contribution is 5.75. The minimum absolute atomic E-state index is 0.195. The normalized spacial score (nSPS) is 18.3. The molecule has 2 N–H and O–H groups in total. The number of benzene rings is 1. The van der Waals surface area contributed by atoms with Gasteiger partial charge < -0.3 is 15.2 Å². The summed E-state index contributed by atoms with van der Waals surface area (Å²) in [5.74, 6) is 0.928. The van der Waals surface area contributed by atoms with Gasteiger partial charge in [-0.05, 0) is 25.1 Å². The van der Waals surface area contributed by atoms with Crippen molar-refractivity contribution in [3.63, 3.8) is 0 Å². The Hall–Kier alpha value is -2.44. The van der Waals surface area contributed by atoms with Gasteiger partial charge in [0.15, 0.2) is 0 Å². The van der Waals surface area contributed by atoms with Gasteiger partial charge in [0.1, 0.15) is 11.9 Å². The Labute approximate surface area is 141 Å². The summed E-state index contributed by atoms with van der Waals surface area (Å²) < 4.78 is 11.6. The Balaban J connectivity index is 1.70. The van der Waals surface area contributed by atoms with E-state index >= 15 is 0 Å². The van der Waals surface area contributed by atoms with Crippen LogP contribution >= 0.6 is 0 Å². The van der Waals surface area contributed by atoms with E-state index in [1.165, 1.54) is 5.56 Å². The third-order valence-corrected chi connectivity index (χ3v) is 3.85. The minimum Gasteiger partial charge on any atom is -0.439 e. The number of pyridine rings is 1. The van der Waals surface area contributed by atoms with E-state index in [1.807, 2.05) is 54.3 Å². The lowest BCUT2D eigenvalue weighted by molar-refractivity contribution is -0.121. The number of primary amides is 1. The minimum atomic E-state index is -0.333. The fourth-order valence-corrected chi connectivity index (χ4v) is 2.64. The maximum Gasteiger partial charge on any atom is 0.231 e. The fourth-order valence-electron chi connectivity index (χ4n) is 2.64. The van der Waals surface area contributed by atoms with Crippen LogP contribution in [0.15, 0.2) is 42.5 Å². The molecule has 1 atom stereocenters. The molecule has 126 valence electrons. The Morgan fingerprint density at radius 1 is 1.33 bits per heavy atom. The van der Waals surface area contributed by atoms with E-state index in [-0.39, 0.29) is 18.6 Å². The van der Waals surface area contributed by atoms with Gasteiger partial charge in [-0.3, -0.25) is 9.69 Å². The molecule has 0 spiro atoms. The van der Waals surface area contributed by atoms with E-state index in [1.54, 1.807) is 0 Å². The van der Waals surface area contributed by atoms with Crippen molar-refractivity contribution in [2.45, 2.75) is 13.0 Å². The number of rotatable bonds is 5. The molecule has 0 aliphatic carbocycles. The van der Waals surface area contributed by atoms with Crippen LogP contribution in [0.1, 0.15) is 17.4 Å². The van der Waals surface area contributed by atoms with Gasteiger partial charge in [-0.1, -0.05) is 23.8 Å². The molecule has 1 fully saturated rings. The predicted octanol–water partition coefficient (Wildman–Crippen LogP) is 2.04. The molecule has 1 aliphatic rings. The van der Waals surface area contributed by atoms with E-state index in [0.717, 1.165) is 11.4 Å². The van der Waals surface area contributed by atoms with Crippen molar-refractivity contribution in [1.29, 1.82) is 0 Å². The highest BCUT2D eigenvalue weighted by atomic mass is 16.5. The number of carbonyl (C=O) groups is 1. The van der Waals surface area contributed by atoms with Crippen molar-refractivity contribution in [3.8, 4) is 11.6 Å². The third-order valence-electron chi connectivity index (χ3n) is 3.85. The second kappa shape index (κ2) is 7.42. The zero-order valence-electron chi connectivity index (χ0n) is 13.6. The molecule has 1 aliphatic heterocycles. The first kappa shape index (κ1) is 16.4. The average molecular weight is 327 g/mol. The molecule has 6 nitrogen and oxygen atoms in total. The van der Waals surface area contributed by atoms with E-state index in [9.17, 15) is 4.79 Å². The quantitative estimate of drug-likeness (QED) is 0.909. The van der Waals surface area contributed by atoms with Crippen LogP contribution in [-0.2, 0) is 9.53 Å². The average Bonchev–Trinajstić information content (AvgIpc) is 2.57. The summed E-state index contributed by atoms with van der Waals surface area (Å²) in [6, 6.07) is 13.4. The number of carbonyl (C=O) groups excluding carboxylic acids is 1. The van der Waals surface area contributed by atoms with Crippen molar-refractivity contribution < 1.29 is 14.3 Å². The van der Waals surface area contributed by atoms with E-state index in [2.05, 4.69) is 4.98 Å². The maximum atomic E-state index is 11.1. The number of nitrogens with two attached hydrogens (primary N) is 1. The van der Waals surface area contributed by atoms with E-state index in [0.29, 0.717) is 25.6 Å². The number of hydrogen-bond donors (Lipinski definition) is 1. The summed E-state index contributed by atoms with van der Waals surface area (Å²) in [7, 11) is 0. The van der Waals surface area contributed by atoms with Crippen molar-refractivity contribution in [3.05, 3.63) is 53.7 Å². The van der Waals surface area contributed by atoms with Crippen molar-refractivity contribution in [2.24, 2.45) is 5.73 Å². The smallest absolute Gasteiger partial charge is 0.231 e. The molecule has 0 bridgehead atoms. The number of aryl methyl sites for hydroxylation is 1. The lowest BCUT2D eigenvalue weighted by atomic mass is 10.2. The van der Waals surface area contributed by atoms with Crippen LogP contribution in [0.5, 0.6) is 11.6 Å². The van der Waals surface area contributed by atoms with Gasteiger partial charge in [0.25, 0.3) is 0 Å². The SMILES string of the molecule is Cc1ccc(Oc2cccc([C@H]3CN(CC(N)=O)CCO3)n2)cc1. The standard InChI is InChI=1S/C18H21N3O3/c1-13-5-7-14(8-6-13)24-18-4-2-3-15(20-18)16-11-21(9-10-23-16)12-17(19)22/h2-8,16H,9-12H2,1H3,(H2,19,22)/t16-/m1/s1. The molecular weight excluding hydrogens is 306 g/mol. The molecule has 1 saturated heterocycles.